The predicted octanol–water partition coefficient (Wildman–Crippen LogP) is 5.62. The third-order valence-electron chi connectivity index (χ3n) is 3.73. The molecule has 0 aromatic heterocycles. The quantitative estimate of drug-likeness (QED) is 0.421. The molecule has 3 nitrogen and oxygen atoms in total. The summed E-state index contributed by atoms with van der Waals surface area (Å²) in [5, 5.41) is 2.60. The minimum absolute atomic E-state index is 0.405. The topological polar surface area (TPSA) is 38.3 Å². The summed E-state index contributed by atoms with van der Waals surface area (Å²) in [6.07, 6.45) is 10.8. The van der Waals surface area contributed by atoms with Crippen LogP contribution in [0.5, 0.6) is 0 Å². The SMILES string of the molecule is CCCCCCCCCCCOC(=O)NC(=S)c1ccccc1. The van der Waals surface area contributed by atoms with Gasteiger partial charge in [0.15, 0.2) is 0 Å². The Morgan fingerprint density at radius 2 is 1.52 bits per heavy atom. The molecule has 1 aromatic carbocycles. The molecule has 0 unspecified atom stereocenters. The summed E-state index contributed by atoms with van der Waals surface area (Å²) >= 11 is 5.16. The molecule has 0 saturated heterocycles. The Bertz CT molecular complexity index is 448. The Labute approximate surface area is 145 Å². The van der Waals surface area contributed by atoms with E-state index in [1.54, 1.807) is 0 Å². The molecule has 23 heavy (non-hydrogen) atoms. The second-order valence-corrected chi connectivity index (χ2v) is 6.19. The zero-order chi connectivity index (χ0) is 16.8. The number of alkyl carbamates (subject to hydrolysis) is 1. The fourth-order valence-electron chi connectivity index (χ4n) is 2.37. The van der Waals surface area contributed by atoms with Crippen LogP contribution >= 0.6 is 12.2 Å². The van der Waals surface area contributed by atoms with Crippen LogP contribution in [0.4, 0.5) is 4.79 Å². The Morgan fingerprint density at radius 1 is 0.957 bits per heavy atom. The van der Waals surface area contributed by atoms with E-state index in [1.165, 1.54) is 44.9 Å². The Balaban J connectivity index is 1.97. The summed E-state index contributed by atoms with van der Waals surface area (Å²) in [4.78, 5) is 12.0. The van der Waals surface area contributed by atoms with Gasteiger partial charge in [-0.2, -0.15) is 0 Å². The fraction of sp³-hybridized carbons (Fsp3) is 0.579. The average molecular weight is 336 g/mol. The highest BCUT2D eigenvalue weighted by Gasteiger charge is 2.06. The van der Waals surface area contributed by atoms with Crippen molar-refractivity contribution in [2.45, 2.75) is 64.7 Å². The van der Waals surface area contributed by atoms with Crippen LogP contribution in [0.2, 0.25) is 0 Å². The first-order chi connectivity index (χ1) is 11.2. The van der Waals surface area contributed by atoms with E-state index in [1.807, 2.05) is 30.3 Å². The molecular weight excluding hydrogens is 306 g/mol. The number of amides is 1. The van der Waals surface area contributed by atoms with E-state index >= 15 is 0 Å². The van der Waals surface area contributed by atoms with Crippen molar-refractivity contribution in [3.63, 3.8) is 0 Å². The van der Waals surface area contributed by atoms with E-state index in [0.29, 0.717) is 11.6 Å². The van der Waals surface area contributed by atoms with Gasteiger partial charge in [-0.05, 0) is 6.42 Å². The van der Waals surface area contributed by atoms with Crippen molar-refractivity contribution < 1.29 is 9.53 Å². The first-order valence-corrected chi connectivity index (χ1v) is 9.18. The van der Waals surface area contributed by atoms with E-state index in [4.69, 9.17) is 17.0 Å². The van der Waals surface area contributed by atoms with E-state index in [0.717, 1.165) is 18.4 Å². The molecule has 0 saturated carbocycles. The minimum atomic E-state index is -0.460. The second-order valence-electron chi connectivity index (χ2n) is 5.78. The van der Waals surface area contributed by atoms with Crippen LogP contribution in [0.3, 0.4) is 0 Å². The normalized spacial score (nSPS) is 10.3. The van der Waals surface area contributed by atoms with Gasteiger partial charge in [-0.15, -0.1) is 0 Å². The number of rotatable bonds is 11. The van der Waals surface area contributed by atoms with Crippen molar-refractivity contribution in [2.24, 2.45) is 0 Å². The lowest BCUT2D eigenvalue weighted by atomic mass is 10.1. The predicted molar refractivity (Wildman–Crippen MR) is 99.9 cm³/mol. The number of nitrogens with one attached hydrogen (secondary N) is 1. The molecule has 1 amide bonds. The first-order valence-electron chi connectivity index (χ1n) is 8.77. The van der Waals surface area contributed by atoms with Crippen LogP contribution in [0, 0.1) is 0 Å². The molecule has 1 aromatic rings. The average Bonchev–Trinajstić information content (AvgIpc) is 2.57. The second kappa shape index (κ2) is 13.1. The molecule has 4 heteroatoms. The number of thiocarbonyl (C=S) groups is 1. The molecule has 128 valence electrons. The van der Waals surface area contributed by atoms with Crippen LogP contribution < -0.4 is 5.32 Å². The maximum absolute atomic E-state index is 11.6. The molecule has 0 fully saturated rings. The van der Waals surface area contributed by atoms with Gasteiger partial charge in [-0.3, -0.25) is 5.32 Å². The van der Waals surface area contributed by atoms with E-state index < -0.39 is 6.09 Å². The van der Waals surface area contributed by atoms with Crippen molar-refractivity contribution in [3.05, 3.63) is 35.9 Å². The third kappa shape index (κ3) is 10.1. The molecule has 1 N–H and O–H groups in total. The molecule has 0 bridgehead atoms. The number of unbranched alkanes of at least 4 members (excludes halogenated alkanes) is 8. The summed E-state index contributed by atoms with van der Waals surface area (Å²) in [5.74, 6) is 0. The number of carbonyl (C=O) groups excluding carboxylic acids is 1. The molecule has 0 radical (unpaired) electrons. The maximum Gasteiger partial charge on any atom is 0.412 e. The lowest BCUT2D eigenvalue weighted by molar-refractivity contribution is 0.149. The van der Waals surface area contributed by atoms with Crippen LogP contribution in [-0.4, -0.2) is 17.7 Å². The standard InChI is InChI=1S/C19H29NO2S/c1-2-3-4-5-6-7-8-9-13-16-22-19(21)20-18(23)17-14-11-10-12-15-17/h10-12,14-15H,2-9,13,16H2,1H3,(H,20,21,23). The molecule has 0 aliphatic heterocycles. The Kier molecular flexibility index (Phi) is 11.1. The number of hydrogen-bond acceptors (Lipinski definition) is 3. The highest BCUT2D eigenvalue weighted by atomic mass is 32.1. The third-order valence-corrected chi connectivity index (χ3v) is 4.07. The van der Waals surface area contributed by atoms with E-state index in [9.17, 15) is 4.79 Å². The van der Waals surface area contributed by atoms with Gasteiger partial charge < -0.3 is 4.74 Å². The maximum atomic E-state index is 11.6. The minimum Gasteiger partial charge on any atom is -0.449 e. The zero-order valence-corrected chi connectivity index (χ0v) is 15.0. The summed E-state index contributed by atoms with van der Waals surface area (Å²) < 4.78 is 5.16. The molecule has 0 aliphatic rings. The van der Waals surface area contributed by atoms with Crippen LogP contribution in [0.1, 0.15) is 70.3 Å². The van der Waals surface area contributed by atoms with Crippen LogP contribution in [0.25, 0.3) is 0 Å². The van der Waals surface area contributed by atoms with Crippen molar-refractivity contribution in [1.82, 2.24) is 5.32 Å². The molecular formula is C19H29NO2S. The summed E-state index contributed by atoms with van der Waals surface area (Å²) in [7, 11) is 0. The lowest BCUT2D eigenvalue weighted by Crippen LogP contribution is -2.30. The van der Waals surface area contributed by atoms with Crippen molar-refractivity contribution in [3.8, 4) is 0 Å². The van der Waals surface area contributed by atoms with Gasteiger partial charge in [-0.25, -0.2) is 4.79 Å². The molecule has 0 atom stereocenters. The summed E-state index contributed by atoms with van der Waals surface area (Å²) in [5.41, 5.74) is 0.822. The van der Waals surface area contributed by atoms with Gasteiger partial charge in [0.05, 0.1) is 6.61 Å². The number of carbonyl (C=O) groups is 1. The number of benzene rings is 1. The first kappa shape index (κ1) is 19.6. The van der Waals surface area contributed by atoms with Crippen molar-refractivity contribution in [1.29, 1.82) is 0 Å². The Morgan fingerprint density at radius 3 is 2.13 bits per heavy atom. The van der Waals surface area contributed by atoms with Crippen molar-refractivity contribution in [2.75, 3.05) is 6.61 Å². The largest absolute Gasteiger partial charge is 0.449 e. The van der Waals surface area contributed by atoms with Gasteiger partial charge >= 0.3 is 6.09 Å². The van der Waals surface area contributed by atoms with Gasteiger partial charge in [-0.1, -0.05) is 101 Å². The molecule has 0 heterocycles. The van der Waals surface area contributed by atoms with Crippen molar-refractivity contribution >= 4 is 23.3 Å². The number of hydrogen-bond donors (Lipinski definition) is 1. The van der Waals surface area contributed by atoms with Gasteiger partial charge in [0.2, 0.25) is 0 Å². The monoisotopic (exact) mass is 335 g/mol. The lowest BCUT2D eigenvalue weighted by Gasteiger charge is -2.08. The molecule has 1 rings (SSSR count). The van der Waals surface area contributed by atoms with Gasteiger partial charge in [0.1, 0.15) is 4.99 Å². The Hall–Kier alpha value is -1.42. The number of ether oxygens (including phenoxy) is 1. The van der Waals surface area contributed by atoms with Crippen LogP contribution in [-0.2, 0) is 4.74 Å². The smallest absolute Gasteiger partial charge is 0.412 e. The fourth-order valence-corrected chi connectivity index (χ4v) is 2.59. The molecule has 0 spiro atoms. The molecule has 0 aliphatic carbocycles. The van der Waals surface area contributed by atoms with E-state index in [2.05, 4.69) is 12.2 Å². The highest BCUT2D eigenvalue weighted by molar-refractivity contribution is 7.80. The summed E-state index contributed by atoms with van der Waals surface area (Å²) in [6.45, 7) is 2.70. The van der Waals surface area contributed by atoms with E-state index in [-0.39, 0.29) is 0 Å². The van der Waals surface area contributed by atoms with Gasteiger partial charge in [0, 0.05) is 5.56 Å². The highest BCUT2D eigenvalue weighted by Crippen LogP contribution is 2.09. The summed E-state index contributed by atoms with van der Waals surface area (Å²) in [6, 6.07) is 9.41. The van der Waals surface area contributed by atoms with Gasteiger partial charge in [0.25, 0.3) is 0 Å². The van der Waals surface area contributed by atoms with Crippen LogP contribution in [0.15, 0.2) is 30.3 Å². The zero-order valence-electron chi connectivity index (χ0n) is 14.2.